The summed E-state index contributed by atoms with van der Waals surface area (Å²) in [5.74, 6) is 0. The molecule has 0 saturated heterocycles. The van der Waals surface area contributed by atoms with Crippen LogP contribution in [0.2, 0.25) is 0 Å². The third-order valence-corrected chi connectivity index (χ3v) is 2.34. The van der Waals surface area contributed by atoms with Gasteiger partial charge < -0.3 is 4.79 Å². The van der Waals surface area contributed by atoms with Gasteiger partial charge in [-0.1, -0.05) is 65.7 Å². The summed E-state index contributed by atoms with van der Waals surface area (Å²) in [5, 5.41) is 0. The molecule has 0 aromatic heterocycles. The van der Waals surface area contributed by atoms with E-state index in [1.807, 2.05) is 30.3 Å². The van der Waals surface area contributed by atoms with E-state index < -0.39 is 0 Å². The van der Waals surface area contributed by atoms with E-state index >= 15 is 0 Å². The second-order valence-electron chi connectivity index (χ2n) is 4.01. The molecule has 17 heavy (non-hydrogen) atoms. The van der Waals surface area contributed by atoms with Gasteiger partial charge >= 0.3 is 0 Å². The first kappa shape index (κ1) is 13.2. The lowest BCUT2D eigenvalue weighted by Crippen LogP contribution is -1.82. The predicted molar refractivity (Wildman–Crippen MR) is 72.1 cm³/mol. The van der Waals surface area contributed by atoms with Crippen LogP contribution in [0.5, 0.6) is 0 Å². The van der Waals surface area contributed by atoms with Gasteiger partial charge in [0, 0.05) is 6.42 Å². The maximum atomic E-state index is 9.97. The van der Waals surface area contributed by atoms with E-state index in [9.17, 15) is 4.79 Å². The second kappa shape index (κ2) is 7.39. The highest BCUT2D eigenvalue weighted by molar-refractivity contribution is 5.54. The highest BCUT2D eigenvalue weighted by atomic mass is 16.1. The number of hydrogen-bond donors (Lipinski definition) is 0. The summed E-state index contributed by atoms with van der Waals surface area (Å²) in [6.45, 7) is 4.21. The highest BCUT2D eigenvalue weighted by Gasteiger charge is 1.84. The van der Waals surface area contributed by atoms with Gasteiger partial charge in [-0.25, -0.2) is 0 Å². The minimum Gasteiger partial charge on any atom is -0.303 e. The first-order chi connectivity index (χ1) is 8.22. The molecule has 0 bridgehead atoms. The molecular formula is C16H18O. The normalized spacial score (nSPS) is 9.06. The molecule has 0 amide bonds. The van der Waals surface area contributed by atoms with E-state index in [4.69, 9.17) is 0 Å². The lowest BCUT2D eigenvalue weighted by molar-refractivity contribution is -0.107. The number of carbonyl (C=O) groups excluding carboxylic acids is 1. The van der Waals surface area contributed by atoms with Crippen molar-refractivity contribution in [3.8, 4) is 0 Å². The molecule has 0 N–H and O–H groups in total. The lowest BCUT2D eigenvalue weighted by Gasteiger charge is -1.90. The van der Waals surface area contributed by atoms with Gasteiger partial charge in [0.2, 0.25) is 0 Å². The summed E-state index contributed by atoms with van der Waals surface area (Å²) in [5.41, 5.74) is 3.75. The third kappa shape index (κ3) is 5.67. The van der Waals surface area contributed by atoms with Gasteiger partial charge in [-0.15, -0.1) is 0 Å². The first-order valence-corrected chi connectivity index (χ1v) is 5.73. The van der Waals surface area contributed by atoms with Gasteiger partial charge in [0.25, 0.3) is 0 Å². The number of aryl methyl sites for hydroxylation is 2. The van der Waals surface area contributed by atoms with E-state index in [1.165, 1.54) is 11.1 Å². The predicted octanol–water partition coefficient (Wildman–Crippen LogP) is 3.73. The molecule has 0 atom stereocenters. The van der Waals surface area contributed by atoms with Crippen molar-refractivity contribution in [1.82, 2.24) is 0 Å². The minimum absolute atomic E-state index is 0.529. The average molecular weight is 226 g/mol. The van der Waals surface area contributed by atoms with E-state index in [0.717, 1.165) is 11.8 Å². The molecule has 2 rings (SSSR count). The van der Waals surface area contributed by atoms with E-state index in [-0.39, 0.29) is 0 Å². The molecule has 2 aromatic carbocycles. The molecule has 0 unspecified atom stereocenters. The van der Waals surface area contributed by atoms with Gasteiger partial charge in [-0.3, -0.25) is 0 Å². The molecule has 88 valence electrons. The molecule has 0 spiro atoms. The standard InChI is InChI=1S/C8H8O.C8H10/c9-7-6-8-4-2-1-3-5-8;1-7-4-3-5-8(2)6-7/h1-5,7H,6H2;3-6H,1-2H3. The van der Waals surface area contributed by atoms with Crippen LogP contribution in [0.4, 0.5) is 0 Å². The number of carbonyl (C=O) groups is 1. The van der Waals surface area contributed by atoms with Crippen LogP contribution >= 0.6 is 0 Å². The average Bonchev–Trinajstić information content (AvgIpc) is 2.31. The van der Waals surface area contributed by atoms with Crippen LogP contribution in [0.1, 0.15) is 16.7 Å². The summed E-state index contributed by atoms with van der Waals surface area (Å²) < 4.78 is 0. The maximum absolute atomic E-state index is 9.97. The van der Waals surface area contributed by atoms with Crippen LogP contribution in [-0.2, 0) is 11.2 Å². The molecular weight excluding hydrogens is 208 g/mol. The summed E-state index contributed by atoms with van der Waals surface area (Å²) in [7, 11) is 0. The first-order valence-electron chi connectivity index (χ1n) is 5.73. The Balaban J connectivity index is 0.000000171. The Labute approximate surface area is 103 Å². The van der Waals surface area contributed by atoms with Crippen LogP contribution in [0.15, 0.2) is 54.6 Å². The van der Waals surface area contributed by atoms with Gasteiger partial charge in [0.1, 0.15) is 6.29 Å². The topological polar surface area (TPSA) is 17.1 Å². The third-order valence-electron chi connectivity index (χ3n) is 2.34. The van der Waals surface area contributed by atoms with Crippen molar-refractivity contribution in [2.45, 2.75) is 20.3 Å². The minimum atomic E-state index is 0.529. The number of rotatable bonds is 2. The Hall–Kier alpha value is -1.89. The molecule has 1 heteroatoms. The highest BCUT2D eigenvalue weighted by Crippen LogP contribution is 2.00. The fourth-order valence-corrected chi connectivity index (χ4v) is 1.52. The number of aldehydes is 1. The Morgan fingerprint density at radius 1 is 0.882 bits per heavy atom. The molecule has 0 aliphatic rings. The lowest BCUT2D eigenvalue weighted by atomic mass is 10.2. The van der Waals surface area contributed by atoms with Gasteiger partial charge in [0.15, 0.2) is 0 Å². The fraction of sp³-hybridized carbons (Fsp3) is 0.188. The number of hydrogen-bond acceptors (Lipinski definition) is 1. The van der Waals surface area contributed by atoms with Crippen molar-refractivity contribution in [2.24, 2.45) is 0 Å². The largest absolute Gasteiger partial charge is 0.303 e. The van der Waals surface area contributed by atoms with Crippen molar-refractivity contribution in [3.05, 3.63) is 71.3 Å². The quantitative estimate of drug-likeness (QED) is 0.713. The summed E-state index contributed by atoms with van der Waals surface area (Å²) in [4.78, 5) is 9.97. The SMILES string of the molecule is Cc1cccc(C)c1.O=CCc1ccccc1. The molecule has 0 aliphatic carbocycles. The summed E-state index contributed by atoms with van der Waals surface area (Å²) >= 11 is 0. The zero-order valence-electron chi connectivity index (χ0n) is 10.4. The Morgan fingerprint density at radius 2 is 1.47 bits per heavy atom. The van der Waals surface area contributed by atoms with Crippen LogP contribution < -0.4 is 0 Å². The van der Waals surface area contributed by atoms with Gasteiger partial charge in [-0.2, -0.15) is 0 Å². The summed E-state index contributed by atoms with van der Waals surface area (Å²) in [6.07, 6.45) is 1.44. The number of benzene rings is 2. The van der Waals surface area contributed by atoms with Crippen molar-refractivity contribution in [1.29, 1.82) is 0 Å². The Kier molecular flexibility index (Phi) is 5.73. The van der Waals surface area contributed by atoms with Gasteiger partial charge in [-0.05, 0) is 19.4 Å². The van der Waals surface area contributed by atoms with Crippen molar-refractivity contribution in [2.75, 3.05) is 0 Å². The van der Waals surface area contributed by atoms with Crippen LogP contribution in [0, 0.1) is 13.8 Å². The van der Waals surface area contributed by atoms with Crippen molar-refractivity contribution in [3.63, 3.8) is 0 Å². The molecule has 0 aliphatic heterocycles. The molecule has 1 nitrogen and oxygen atoms in total. The molecule has 0 radical (unpaired) electrons. The fourth-order valence-electron chi connectivity index (χ4n) is 1.52. The van der Waals surface area contributed by atoms with Crippen molar-refractivity contribution < 1.29 is 4.79 Å². The second-order valence-corrected chi connectivity index (χ2v) is 4.01. The van der Waals surface area contributed by atoms with E-state index in [1.54, 1.807) is 0 Å². The monoisotopic (exact) mass is 226 g/mol. The van der Waals surface area contributed by atoms with Crippen LogP contribution in [0.3, 0.4) is 0 Å². The van der Waals surface area contributed by atoms with Crippen LogP contribution in [-0.4, -0.2) is 6.29 Å². The molecule has 0 fully saturated rings. The molecule has 0 heterocycles. The maximum Gasteiger partial charge on any atom is 0.124 e. The molecule has 0 saturated carbocycles. The Morgan fingerprint density at radius 3 is 1.88 bits per heavy atom. The van der Waals surface area contributed by atoms with E-state index in [2.05, 4.69) is 38.1 Å². The smallest absolute Gasteiger partial charge is 0.124 e. The zero-order chi connectivity index (χ0) is 12.5. The van der Waals surface area contributed by atoms with Gasteiger partial charge in [0.05, 0.1) is 0 Å². The van der Waals surface area contributed by atoms with E-state index in [0.29, 0.717) is 6.42 Å². The molecule has 2 aromatic rings. The van der Waals surface area contributed by atoms with Crippen molar-refractivity contribution >= 4 is 6.29 Å². The summed E-state index contributed by atoms with van der Waals surface area (Å²) in [6, 6.07) is 18.1. The Bertz CT molecular complexity index is 429. The zero-order valence-corrected chi connectivity index (χ0v) is 10.4. The van der Waals surface area contributed by atoms with Crippen LogP contribution in [0.25, 0.3) is 0 Å².